The zero-order valence-corrected chi connectivity index (χ0v) is 6.72. The van der Waals surface area contributed by atoms with E-state index in [-0.39, 0.29) is 0 Å². The van der Waals surface area contributed by atoms with Crippen molar-refractivity contribution in [3.63, 3.8) is 0 Å². The second-order valence-electron chi connectivity index (χ2n) is 2.04. The molecule has 0 bridgehead atoms. The van der Waals surface area contributed by atoms with Gasteiger partial charge in [0.2, 0.25) is 0 Å². The van der Waals surface area contributed by atoms with Crippen LogP contribution in [0.4, 0.5) is 0 Å². The second kappa shape index (κ2) is 8.17. The number of hydrogen-bond donors (Lipinski definition) is 2. The molecule has 10 heavy (non-hydrogen) atoms. The Labute approximate surface area is 61.5 Å². The van der Waals surface area contributed by atoms with Gasteiger partial charge in [-0.3, -0.25) is 4.79 Å². The van der Waals surface area contributed by atoms with Crippen LogP contribution >= 0.6 is 0 Å². The van der Waals surface area contributed by atoms with Gasteiger partial charge in [-0.15, -0.1) is 0 Å². The van der Waals surface area contributed by atoms with Crippen LogP contribution in [-0.4, -0.2) is 17.6 Å². The van der Waals surface area contributed by atoms with Crippen molar-refractivity contribution in [2.24, 2.45) is 5.73 Å². The number of nitrogens with two attached hydrogens (primary N) is 1. The van der Waals surface area contributed by atoms with E-state index in [0.29, 0.717) is 6.54 Å². The summed E-state index contributed by atoms with van der Waals surface area (Å²) < 4.78 is 0. The molecule has 0 fully saturated rings. The Morgan fingerprint density at radius 3 is 1.80 bits per heavy atom. The van der Waals surface area contributed by atoms with Crippen molar-refractivity contribution < 1.29 is 9.90 Å². The highest BCUT2D eigenvalue weighted by Crippen LogP contribution is 1.82. The minimum Gasteiger partial charge on any atom is -0.481 e. The van der Waals surface area contributed by atoms with Gasteiger partial charge in [-0.25, -0.2) is 0 Å². The lowest BCUT2D eigenvalue weighted by Crippen LogP contribution is -1.92. The number of carboxylic acid groups (broad SMARTS) is 1. The van der Waals surface area contributed by atoms with Crippen LogP contribution in [0.15, 0.2) is 11.6 Å². The predicted octanol–water partition coefficient (Wildman–Crippen LogP) is 1.00. The highest BCUT2D eigenvalue weighted by molar-refractivity contribution is 5.62. The molecular weight excluding hydrogens is 130 g/mol. The van der Waals surface area contributed by atoms with Gasteiger partial charge in [0.05, 0.1) is 0 Å². The van der Waals surface area contributed by atoms with Crippen LogP contribution in [0.5, 0.6) is 0 Å². The fourth-order valence-electron chi connectivity index (χ4n) is 0.236. The summed E-state index contributed by atoms with van der Waals surface area (Å²) in [7, 11) is 0. The Morgan fingerprint density at radius 1 is 1.50 bits per heavy atom. The fourth-order valence-corrected chi connectivity index (χ4v) is 0.236. The average molecular weight is 145 g/mol. The van der Waals surface area contributed by atoms with E-state index in [2.05, 4.69) is 0 Å². The smallest absolute Gasteiger partial charge is 0.300 e. The normalized spacial score (nSPS) is 7.20. The van der Waals surface area contributed by atoms with E-state index in [4.69, 9.17) is 15.6 Å². The maximum absolute atomic E-state index is 9.00. The Kier molecular flexibility index (Phi) is 9.73. The van der Waals surface area contributed by atoms with E-state index >= 15 is 0 Å². The van der Waals surface area contributed by atoms with Crippen molar-refractivity contribution >= 4 is 5.97 Å². The summed E-state index contributed by atoms with van der Waals surface area (Å²) in [6, 6.07) is 0. The van der Waals surface area contributed by atoms with Gasteiger partial charge >= 0.3 is 0 Å². The first-order valence-electron chi connectivity index (χ1n) is 3.03. The minimum atomic E-state index is -0.833. The van der Waals surface area contributed by atoms with E-state index in [0.717, 1.165) is 6.92 Å². The van der Waals surface area contributed by atoms with Crippen molar-refractivity contribution in [3.05, 3.63) is 11.6 Å². The van der Waals surface area contributed by atoms with Crippen LogP contribution in [0.2, 0.25) is 0 Å². The molecule has 0 aromatic rings. The monoisotopic (exact) mass is 145 g/mol. The van der Waals surface area contributed by atoms with Crippen molar-refractivity contribution in [1.29, 1.82) is 0 Å². The third-order valence-corrected chi connectivity index (χ3v) is 0.526. The van der Waals surface area contributed by atoms with Crippen molar-refractivity contribution in [2.75, 3.05) is 6.54 Å². The van der Waals surface area contributed by atoms with E-state index in [1.807, 2.05) is 19.9 Å². The van der Waals surface area contributed by atoms with Gasteiger partial charge < -0.3 is 10.8 Å². The van der Waals surface area contributed by atoms with Crippen LogP contribution in [-0.2, 0) is 4.79 Å². The van der Waals surface area contributed by atoms with E-state index in [9.17, 15) is 0 Å². The lowest BCUT2D eigenvalue weighted by molar-refractivity contribution is -0.134. The summed E-state index contributed by atoms with van der Waals surface area (Å²) >= 11 is 0. The van der Waals surface area contributed by atoms with Gasteiger partial charge in [-0.05, 0) is 13.8 Å². The Hall–Kier alpha value is -0.830. The lowest BCUT2D eigenvalue weighted by atomic mass is 10.3. The predicted molar refractivity (Wildman–Crippen MR) is 41.8 cm³/mol. The summed E-state index contributed by atoms with van der Waals surface area (Å²) in [5, 5.41) is 7.42. The third-order valence-electron chi connectivity index (χ3n) is 0.526. The molecule has 60 valence electrons. The first-order valence-corrected chi connectivity index (χ1v) is 3.03. The number of aliphatic carboxylic acids is 1. The molecule has 0 aromatic carbocycles. The molecule has 0 unspecified atom stereocenters. The first kappa shape index (κ1) is 11.9. The van der Waals surface area contributed by atoms with Crippen molar-refractivity contribution in [3.8, 4) is 0 Å². The molecule has 0 saturated carbocycles. The highest BCUT2D eigenvalue weighted by atomic mass is 16.4. The van der Waals surface area contributed by atoms with E-state index in [1.54, 1.807) is 0 Å². The fraction of sp³-hybridized carbons (Fsp3) is 0.571. The summed E-state index contributed by atoms with van der Waals surface area (Å²) in [6.07, 6.45) is 1.99. The maximum Gasteiger partial charge on any atom is 0.300 e. The molecule has 3 nitrogen and oxygen atoms in total. The number of carboxylic acids is 1. The molecule has 0 radical (unpaired) electrons. The molecule has 3 N–H and O–H groups in total. The Bertz CT molecular complexity index is 111. The maximum atomic E-state index is 9.00. The summed E-state index contributed by atoms with van der Waals surface area (Å²) in [4.78, 5) is 9.00. The standard InChI is InChI=1S/C5H11N.C2H4O2/c1-5(2)3-4-6;1-2(3)4/h3H,4,6H2,1-2H3;1H3,(H,3,4). The van der Waals surface area contributed by atoms with Gasteiger partial charge in [0, 0.05) is 13.5 Å². The Morgan fingerprint density at radius 2 is 1.80 bits per heavy atom. The highest BCUT2D eigenvalue weighted by Gasteiger charge is 1.67. The van der Waals surface area contributed by atoms with Gasteiger partial charge in [0.25, 0.3) is 5.97 Å². The molecule has 0 aliphatic heterocycles. The molecule has 0 atom stereocenters. The molecule has 0 aliphatic rings. The van der Waals surface area contributed by atoms with Crippen LogP contribution < -0.4 is 5.73 Å². The number of carbonyl (C=O) groups is 1. The molecular formula is C7H15NO2. The summed E-state index contributed by atoms with van der Waals surface area (Å²) in [5.74, 6) is -0.833. The number of hydrogen-bond acceptors (Lipinski definition) is 2. The van der Waals surface area contributed by atoms with Crippen molar-refractivity contribution in [2.45, 2.75) is 20.8 Å². The summed E-state index contributed by atoms with van der Waals surface area (Å²) in [5.41, 5.74) is 6.44. The number of allylic oxidation sites excluding steroid dienone is 1. The van der Waals surface area contributed by atoms with Gasteiger partial charge in [0.15, 0.2) is 0 Å². The zero-order valence-electron chi connectivity index (χ0n) is 6.72. The quantitative estimate of drug-likeness (QED) is 0.541. The Balaban J connectivity index is 0. The second-order valence-corrected chi connectivity index (χ2v) is 2.04. The first-order chi connectivity index (χ1) is 4.50. The lowest BCUT2D eigenvalue weighted by Gasteiger charge is -1.80. The molecule has 0 amide bonds. The van der Waals surface area contributed by atoms with Gasteiger partial charge in [-0.1, -0.05) is 11.6 Å². The van der Waals surface area contributed by atoms with Crippen LogP contribution in [0.25, 0.3) is 0 Å². The largest absolute Gasteiger partial charge is 0.481 e. The summed E-state index contributed by atoms with van der Waals surface area (Å²) in [6.45, 7) is 5.82. The van der Waals surface area contributed by atoms with Crippen LogP contribution in [0.1, 0.15) is 20.8 Å². The zero-order chi connectivity index (χ0) is 8.57. The molecule has 0 aliphatic carbocycles. The average Bonchev–Trinajstić information content (AvgIpc) is 1.62. The van der Waals surface area contributed by atoms with Gasteiger partial charge in [0.1, 0.15) is 0 Å². The molecule has 0 aromatic heterocycles. The molecule has 0 saturated heterocycles. The molecule has 0 spiro atoms. The number of rotatable bonds is 1. The van der Waals surface area contributed by atoms with Crippen LogP contribution in [0.3, 0.4) is 0 Å². The third kappa shape index (κ3) is 58.0. The minimum absolute atomic E-state index is 0.669. The van der Waals surface area contributed by atoms with Crippen molar-refractivity contribution in [1.82, 2.24) is 0 Å². The topological polar surface area (TPSA) is 63.3 Å². The SMILES string of the molecule is CC(=O)O.CC(C)=CCN. The molecule has 3 heteroatoms. The molecule has 0 heterocycles. The van der Waals surface area contributed by atoms with E-state index in [1.165, 1.54) is 5.57 Å². The van der Waals surface area contributed by atoms with Gasteiger partial charge in [-0.2, -0.15) is 0 Å². The van der Waals surface area contributed by atoms with E-state index < -0.39 is 5.97 Å². The van der Waals surface area contributed by atoms with Crippen LogP contribution in [0, 0.1) is 0 Å². The molecule has 0 rings (SSSR count).